The summed E-state index contributed by atoms with van der Waals surface area (Å²) < 4.78 is 13.6. The summed E-state index contributed by atoms with van der Waals surface area (Å²) in [4.78, 5) is 4.02. The minimum absolute atomic E-state index is 0.198. The van der Waals surface area contributed by atoms with E-state index in [1.54, 1.807) is 24.4 Å². The molecule has 92 valence electrons. The number of nitrogens with one attached hydrogen (secondary N) is 1. The van der Waals surface area contributed by atoms with Crippen LogP contribution in [0.2, 0.25) is 0 Å². The molecular formula is C14H9FN4. The van der Waals surface area contributed by atoms with Crippen LogP contribution in [0.5, 0.6) is 0 Å². The summed E-state index contributed by atoms with van der Waals surface area (Å²) in [6.45, 7) is 0.198. The van der Waals surface area contributed by atoms with Crippen molar-refractivity contribution in [1.82, 2.24) is 4.98 Å². The Labute approximate surface area is 109 Å². The van der Waals surface area contributed by atoms with E-state index in [-0.39, 0.29) is 12.1 Å². The Morgan fingerprint density at radius 3 is 2.74 bits per heavy atom. The van der Waals surface area contributed by atoms with Gasteiger partial charge in [-0.2, -0.15) is 10.5 Å². The number of halogens is 1. The van der Waals surface area contributed by atoms with Crippen LogP contribution in [0.15, 0.2) is 36.5 Å². The maximum absolute atomic E-state index is 13.6. The van der Waals surface area contributed by atoms with E-state index in [4.69, 9.17) is 10.5 Å². The summed E-state index contributed by atoms with van der Waals surface area (Å²) in [5.74, 6) is -0.0465. The second kappa shape index (κ2) is 5.61. The van der Waals surface area contributed by atoms with Gasteiger partial charge in [0.05, 0.1) is 17.2 Å². The molecule has 2 aromatic rings. The third kappa shape index (κ3) is 2.85. The highest BCUT2D eigenvalue weighted by molar-refractivity contribution is 5.51. The molecule has 0 bridgehead atoms. The van der Waals surface area contributed by atoms with Gasteiger partial charge in [-0.05, 0) is 24.3 Å². The highest BCUT2D eigenvalue weighted by Crippen LogP contribution is 2.14. The molecule has 1 heterocycles. The smallest absolute Gasteiger partial charge is 0.144 e. The Morgan fingerprint density at radius 2 is 2.05 bits per heavy atom. The van der Waals surface area contributed by atoms with Crippen LogP contribution in [0.25, 0.3) is 0 Å². The van der Waals surface area contributed by atoms with Crippen molar-refractivity contribution in [2.45, 2.75) is 6.54 Å². The van der Waals surface area contributed by atoms with E-state index in [1.165, 1.54) is 12.1 Å². The third-order valence-electron chi connectivity index (χ3n) is 2.56. The zero-order chi connectivity index (χ0) is 13.7. The van der Waals surface area contributed by atoms with Gasteiger partial charge in [-0.25, -0.2) is 9.37 Å². The Morgan fingerprint density at radius 1 is 1.21 bits per heavy atom. The first-order valence-electron chi connectivity index (χ1n) is 5.52. The van der Waals surface area contributed by atoms with Crippen LogP contribution < -0.4 is 5.32 Å². The minimum Gasteiger partial charge on any atom is -0.365 e. The molecule has 0 aliphatic carbocycles. The van der Waals surface area contributed by atoms with Gasteiger partial charge in [0.25, 0.3) is 0 Å². The topological polar surface area (TPSA) is 72.5 Å². The molecule has 1 N–H and O–H groups in total. The number of hydrogen-bond acceptors (Lipinski definition) is 4. The number of anilines is 1. The molecule has 0 saturated carbocycles. The Balaban J connectivity index is 2.16. The van der Waals surface area contributed by atoms with Crippen molar-refractivity contribution < 1.29 is 4.39 Å². The van der Waals surface area contributed by atoms with Crippen molar-refractivity contribution in [3.8, 4) is 12.1 Å². The number of pyridine rings is 1. The van der Waals surface area contributed by atoms with Crippen molar-refractivity contribution in [2.24, 2.45) is 0 Å². The first-order valence-corrected chi connectivity index (χ1v) is 5.52. The zero-order valence-corrected chi connectivity index (χ0v) is 9.89. The molecule has 1 aromatic heterocycles. The van der Waals surface area contributed by atoms with Crippen LogP contribution in [0, 0.1) is 28.5 Å². The molecule has 0 fully saturated rings. The SMILES string of the molecule is N#Cc1ccc(CNc2ncccc2C#N)c(F)c1. The highest BCUT2D eigenvalue weighted by atomic mass is 19.1. The summed E-state index contributed by atoms with van der Waals surface area (Å²) in [6.07, 6.45) is 1.55. The average molecular weight is 252 g/mol. The van der Waals surface area contributed by atoms with E-state index in [1.807, 2.05) is 12.1 Å². The highest BCUT2D eigenvalue weighted by Gasteiger charge is 2.06. The first-order chi connectivity index (χ1) is 9.24. The fraction of sp³-hybridized carbons (Fsp3) is 0.0714. The molecule has 19 heavy (non-hydrogen) atoms. The Bertz CT molecular complexity index is 683. The van der Waals surface area contributed by atoms with Gasteiger partial charge < -0.3 is 5.32 Å². The molecule has 0 amide bonds. The lowest BCUT2D eigenvalue weighted by molar-refractivity contribution is 0.612. The number of hydrogen-bond donors (Lipinski definition) is 1. The lowest BCUT2D eigenvalue weighted by Crippen LogP contribution is -2.05. The predicted octanol–water partition coefficient (Wildman–Crippen LogP) is 2.58. The van der Waals surface area contributed by atoms with Crippen molar-refractivity contribution >= 4 is 5.82 Å². The number of nitrogens with zero attached hydrogens (tertiary/aromatic N) is 3. The van der Waals surface area contributed by atoms with E-state index in [0.29, 0.717) is 16.9 Å². The molecule has 0 radical (unpaired) electrons. The molecule has 1 aromatic carbocycles. The molecule has 0 saturated heterocycles. The monoisotopic (exact) mass is 252 g/mol. The zero-order valence-electron chi connectivity index (χ0n) is 9.89. The van der Waals surface area contributed by atoms with Gasteiger partial charge in [-0.1, -0.05) is 6.07 Å². The lowest BCUT2D eigenvalue weighted by Gasteiger charge is -2.07. The lowest BCUT2D eigenvalue weighted by atomic mass is 10.1. The number of benzene rings is 1. The summed E-state index contributed by atoms with van der Waals surface area (Å²) in [5.41, 5.74) is 1.09. The first kappa shape index (κ1) is 12.5. The summed E-state index contributed by atoms with van der Waals surface area (Å²) in [5, 5.41) is 20.5. The summed E-state index contributed by atoms with van der Waals surface area (Å²) >= 11 is 0. The van der Waals surface area contributed by atoms with E-state index < -0.39 is 5.82 Å². The third-order valence-corrected chi connectivity index (χ3v) is 2.56. The fourth-order valence-corrected chi connectivity index (χ4v) is 1.58. The van der Waals surface area contributed by atoms with Crippen molar-refractivity contribution in [3.63, 3.8) is 0 Å². The van der Waals surface area contributed by atoms with E-state index >= 15 is 0 Å². The molecule has 2 rings (SSSR count). The molecular weight excluding hydrogens is 243 g/mol. The molecule has 0 spiro atoms. The van der Waals surface area contributed by atoms with Gasteiger partial charge >= 0.3 is 0 Å². The predicted molar refractivity (Wildman–Crippen MR) is 67.4 cm³/mol. The van der Waals surface area contributed by atoms with Crippen LogP contribution >= 0.6 is 0 Å². The maximum Gasteiger partial charge on any atom is 0.144 e. The summed E-state index contributed by atoms with van der Waals surface area (Å²) in [7, 11) is 0. The Hall–Kier alpha value is -2.92. The van der Waals surface area contributed by atoms with Gasteiger partial charge in [0.1, 0.15) is 17.7 Å². The van der Waals surface area contributed by atoms with E-state index in [9.17, 15) is 4.39 Å². The fourth-order valence-electron chi connectivity index (χ4n) is 1.58. The van der Waals surface area contributed by atoms with Crippen LogP contribution in [0.3, 0.4) is 0 Å². The minimum atomic E-state index is -0.457. The van der Waals surface area contributed by atoms with Crippen molar-refractivity contribution in [1.29, 1.82) is 10.5 Å². The van der Waals surface area contributed by atoms with Crippen molar-refractivity contribution in [2.75, 3.05) is 5.32 Å². The number of rotatable bonds is 3. The van der Waals surface area contributed by atoms with Crippen LogP contribution in [0.1, 0.15) is 16.7 Å². The van der Waals surface area contributed by atoms with E-state index in [2.05, 4.69) is 10.3 Å². The molecule has 0 aliphatic heterocycles. The second-order valence-corrected chi connectivity index (χ2v) is 3.78. The molecule has 0 atom stereocenters. The molecule has 0 aliphatic rings. The average Bonchev–Trinajstić information content (AvgIpc) is 2.46. The molecule has 4 nitrogen and oxygen atoms in total. The van der Waals surface area contributed by atoms with Gasteiger partial charge in [0.15, 0.2) is 0 Å². The quantitative estimate of drug-likeness (QED) is 0.911. The van der Waals surface area contributed by atoms with E-state index in [0.717, 1.165) is 0 Å². The van der Waals surface area contributed by atoms with Crippen LogP contribution in [-0.2, 0) is 6.54 Å². The van der Waals surface area contributed by atoms with Crippen LogP contribution in [0.4, 0.5) is 10.2 Å². The largest absolute Gasteiger partial charge is 0.365 e. The number of nitriles is 2. The van der Waals surface area contributed by atoms with Gasteiger partial charge in [-0.15, -0.1) is 0 Å². The van der Waals surface area contributed by atoms with Gasteiger partial charge in [0, 0.05) is 18.3 Å². The maximum atomic E-state index is 13.6. The van der Waals surface area contributed by atoms with Gasteiger partial charge in [0.2, 0.25) is 0 Å². The van der Waals surface area contributed by atoms with Gasteiger partial charge in [-0.3, -0.25) is 0 Å². The second-order valence-electron chi connectivity index (χ2n) is 3.78. The van der Waals surface area contributed by atoms with Crippen LogP contribution in [-0.4, -0.2) is 4.98 Å². The number of aromatic nitrogens is 1. The molecule has 5 heteroatoms. The standard InChI is InChI=1S/C14H9FN4/c15-13-6-10(7-16)3-4-12(13)9-19-14-11(8-17)2-1-5-18-14/h1-6H,9H2,(H,18,19). The normalized spacial score (nSPS) is 9.42. The summed E-state index contributed by atoms with van der Waals surface area (Å²) in [6, 6.07) is 11.4. The van der Waals surface area contributed by atoms with Crippen molar-refractivity contribution in [3.05, 3.63) is 59.0 Å². The Kier molecular flexibility index (Phi) is 3.70. The molecule has 0 unspecified atom stereocenters.